The lowest BCUT2D eigenvalue weighted by Gasteiger charge is -2.26. The zero-order chi connectivity index (χ0) is 22.2. The Morgan fingerprint density at radius 1 is 1.00 bits per heavy atom. The number of hydrogen-bond acceptors (Lipinski definition) is 5. The summed E-state index contributed by atoms with van der Waals surface area (Å²) < 4.78 is 23.6. The minimum absolute atomic E-state index is 0.162. The number of imide groups is 1. The van der Waals surface area contributed by atoms with Crippen molar-refractivity contribution in [1.82, 2.24) is 4.90 Å². The Balaban J connectivity index is 1.65. The maximum Gasteiger partial charge on any atom is 0.262 e. The van der Waals surface area contributed by atoms with E-state index in [2.05, 4.69) is 5.32 Å². The minimum Gasteiger partial charge on any atom is -0.324 e. The average molecular weight is 441 g/mol. The van der Waals surface area contributed by atoms with E-state index in [0.717, 1.165) is 42.4 Å². The molecule has 2 aromatic rings. The molecule has 2 aromatic carbocycles. The van der Waals surface area contributed by atoms with Gasteiger partial charge < -0.3 is 5.32 Å². The summed E-state index contributed by atoms with van der Waals surface area (Å²) in [5.74, 6) is -2.03. The summed E-state index contributed by atoms with van der Waals surface area (Å²) in [4.78, 5) is 40.1. The highest BCUT2D eigenvalue weighted by atomic mass is 32.2. The van der Waals surface area contributed by atoms with E-state index in [0.29, 0.717) is 5.69 Å². The van der Waals surface area contributed by atoms with E-state index in [-0.39, 0.29) is 23.3 Å². The first-order valence-electron chi connectivity index (χ1n) is 10.3. The molecule has 1 atom stereocenters. The number of rotatable bonds is 6. The second kappa shape index (κ2) is 8.26. The van der Waals surface area contributed by atoms with Gasteiger partial charge in [-0.3, -0.25) is 19.3 Å². The SMILES string of the molecule is CS(=O)(=O)CC[C@H](C(=O)Nc1cccc2c1CCCC2)N1C(=O)c2ccccc2C1=O. The molecule has 4 rings (SSSR count). The first-order chi connectivity index (χ1) is 14.8. The van der Waals surface area contributed by atoms with E-state index in [1.165, 1.54) is 17.7 Å². The molecule has 31 heavy (non-hydrogen) atoms. The van der Waals surface area contributed by atoms with Gasteiger partial charge in [-0.2, -0.15) is 0 Å². The normalized spacial score (nSPS) is 16.6. The standard InChI is InChI=1S/C23H24N2O5S/c1-31(29,30)14-13-20(25-22(27)17-10-4-5-11-18(17)23(25)28)21(26)24-19-12-6-8-15-7-2-3-9-16(15)19/h4-6,8,10-12,20H,2-3,7,9,13-14H2,1H3,(H,24,26)/t20-/m1/s1. The molecule has 8 heteroatoms. The lowest BCUT2D eigenvalue weighted by molar-refractivity contribution is -0.120. The Bertz CT molecular complexity index is 1140. The monoisotopic (exact) mass is 440 g/mol. The fourth-order valence-electron chi connectivity index (χ4n) is 4.31. The summed E-state index contributed by atoms with van der Waals surface area (Å²) in [6.45, 7) is 0. The smallest absolute Gasteiger partial charge is 0.262 e. The molecule has 2 aliphatic rings. The van der Waals surface area contributed by atoms with Crippen molar-refractivity contribution < 1.29 is 22.8 Å². The van der Waals surface area contributed by atoms with Crippen molar-refractivity contribution in [3.05, 3.63) is 64.7 Å². The number of hydrogen-bond donors (Lipinski definition) is 1. The number of carbonyl (C=O) groups excluding carboxylic acids is 3. The molecule has 0 saturated carbocycles. The Morgan fingerprint density at radius 3 is 2.29 bits per heavy atom. The number of anilines is 1. The van der Waals surface area contributed by atoms with Crippen LogP contribution in [0.1, 0.15) is 51.1 Å². The number of amides is 3. The van der Waals surface area contributed by atoms with Crippen molar-refractivity contribution in [1.29, 1.82) is 0 Å². The van der Waals surface area contributed by atoms with Crippen molar-refractivity contribution in [2.75, 3.05) is 17.3 Å². The molecule has 0 spiro atoms. The molecule has 0 unspecified atom stereocenters. The number of nitrogens with one attached hydrogen (secondary N) is 1. The Labute approximate surface area is 181 Å². The summed E-state index contributed by atoms with van der Waals surface area (Å²) in [5, 5.41) is 2.87. The largest absolute Gasteiger partial charge is 0.324 e. The van der Waals surface area contributed by atoms with Crippen molar-refractivity contribution in [3.8, 4) is 0 Å². The summed E-state index contributed by atoms with van der Waals surface area (Å²) >= 11 is 0. The van der Waals surface area contributed by atoms with E-state index in [1.807, 2.05) is 12.1 Å². The third kappa shape index (κ3) is 4.25. The van der Waals surface area contributed by atoms with Gasteiger partial charge >= 0.3 is 0 Å². The quantitative estimate of drug-likeness (QED) is 0.696. The van der Waals surface area contributed by atoms with Gasteiger partial charge in [0.1, 0.15) is 15.9 Å². The van der Waals surface area contributed by atoms with Crippen molar-refractivity contribution >= 4 is 33.2 Å². The third-order valence-electron chi connectivity index (χ3n) is 5.86. The lowest BCUT2D eigenvalue weighted by atomic mass is 9.90. The minimum atomic E-state index is -3.40. The van der Waals surface area contributed by atoms with Gasteiger partial charge in [-0.1, -0.05) is 24.3 Å². The summed E-state index contributed by atoms with van der Waals surface area (Å²) in [6.07, 6.45) is 4.80. The Hall–Kier alpha value is -3.00. The molecule has 3 amide bonds. The van der Waals surface area contributed by atoms with E-state index < -0.39 is 33.6 Å². The average Bonchev–Trinajstić information content (AvgIpc) is 2.99. The topological polar surface area (TPSA) is 101 Å². The van der Waals surface area contributed by atoms with Crippen LogP contribution in [0.5, 0.6) is 0 Å². The predicted octanol–water partition coefficient (Wildman–Crippen LogP) is 2.60. The maximum absolute atomic E-state index is 13.3. The zero-order valence-electron chi connectivity index (χ0n) is 17.3. The van der Waals surface area contributed by atoms with Gasteiger partial charge in [0.05, 0.1) is 16.9 Å². The van der Waals surface area contributed by atoms with Gasteiger partial charge in [-0.05, 0) is 61.4 Å². The van der Waals surface area contributed by atoms with Crippen LogP contribution in [0.2, 0.25) is 0 Å². The zero-order valence-corrected chi connectivity index (χ0v) is 18.1. The summed E-state index contributed by atoms with van der Waals surface area (Å²) in [7, 11) is -3.40. The van der Waals surface area contributed by atoms with Crippen LogP contribution in [0.4, 0.5) is 5.69 Å². The van der Waals surface area contributed by atoms with Gasteiger partial charge in [0, 0.05) is 11.9 Å². The fourth-order valence-corrected chi connectivity index (χ4v) is 4.96. The Morgan fingerprint density at radius 2 is 1.65 bits per heavy atom. The van der Waals surface area contributed by atoms with Gasteiger partial charge in [0.25, 0.3) is 11.8 Å². The van der Waals surface area contributed by atoms with Crippen molar-refractivity contribution in [2.45, 2.75) is 38.1 Å². The van der Waals surface area contributed by atoms with Crippen molar-refractivity contribution in [2.24, 2.45) is 0 Å². The van der Waals surface area contributed by atoms with Crippen LogP contribution in [-0.4, -0.2) is 49.1 Å². The molecule has 1 aliphatic heterocycles. The third-order valence-corrected chi connectivity index (χ3v) is 6.83. The number of benzene rings is 2. The second-order valence-electron chi connectivity index (χ2n) is 8.10. The molecule has 1 heterocycles. The molecule has 0 fully saturated rings. The number of nitrogens with zero attached hydrogens (tertiary/aromatic N) is 1. The van der Waals surface area contributed by atoms with Gasteiger partial charge in [0.15, 0.2) is 0 Å². The van der Waals surface area contributed by atoms with E-state index >= 15 is 0 Å². The number of aryl methyl sites for hydroxylation is 1. The van der Waals surface area contributed by atoms with E-state index in [9.17, 15) is 22.8 Å². The molecule has 0 radical (unpaired) electrons. The summed E-state index contributed by atoms with van der Waals surface area (Å²) in [6, 6.07) is 10.9. The van der Waals surface area contributed by atoms with Gasteiger partial charge in [-0.15, -0.1) is 0 Å². The molecule has 1 aliphatic carbocycles. The predicted molar refractivity (Wildman–Crippen MR) is 117 cm³/mol. The first kappa shape index (κ1) is 21.2. The van der Waals surface area contributed by atoms with Crippen LogP contribution in [0.25, 0.3) is 0 Å². The highest BCUT2D eigenvalue weighted by Gasteiger charge is 2.43. The maximum atomic E-state index is 13.3. The van der Waals surface area contributed by atoms with Gasteiger partial charge in [-0.25, -0.2) is 8.42 Å². The van der Waals surface area contributed by atoms with Crippen LogP contribution < -0.4 is 5.32 Å². The van der Waals surface area contributed by atoms with E-state index in [4.69, 9.17) is 0 Å². The van der Waals surface area contributed by atoms with Crippen molar-refractivity contribution in [3.63, 3.8) is 0 Å². The molecule has 0 aromatic heterocycles. The molecule has 1 N–H and O–H groups in total. The van der Waals surface area contributed by atoms with E-state index in [1.54, 1.807) is 18.2 Å². The molecule has 7 nitrogen and oxygen atoms in total. The first-order valence-corrected chi connectivity index (χ1v) is 12.4. The number of carbonyl (C=O) groups is 3. The fraction of sp³-hybridized carbons (Fsp3) is 0.348. The molecule has 162 valence electrons. The lowest BCUT2D eigenvalue weighted by Crippen LogP contribution is -2.48. The van der Waals surface area contributed by atoms with Crippen LogP contribution in [0.3, 0.4) is 0 Å². The van der Waals surface area contributed by atoms with Crippen LogP contribution in [0.15, 0.2) is 42.5 Å². The van der Waals surface area contributed by atoms with Crippen LogP contribution in [-0.2, 0) is 27.5 Å². The highest BCUT2D eigenvalue weighted by Crippen LogP contribution is 2.30. The van der Waals surface area contributed by atoms with Gasteiger partial charge in [0.2, 0.25) is 5.91 Å². The molecular weight excluding hydrogens is 416 g/mol. The number of fused-ring (bicyclic) bond motifs is 2. The molecule has 0 saturated heterocycles. The second-order valence-corrected chi connectivity index (χ2v) is 10.4. The highest BCUT2D eigenvalue weighted by molar-refractivity contribution is 7.90. The summed E-state index contributed by atoms with van der Waals surface area (Å²) in [5.41, 5.74) is 3.34. The van der Waals surface area contributed by atoms with Crippen LogP contribution >= 0.6 is 0 Å². The van der Waals surface area contributed by atoms with Crippen LogP contribution in [0, 0.1) is 0 Å². The Kier molecular flexibility index (Phi) is 5.66. The molecular formula is C23H24N2O5S. The number of sulfone groups is 1. The molecule has 0 bridgehead atoms.